The fourth-order valence-electron chi connectivity index (χ4n) is 2.12. The van der Waals surface area contributed by atoms with Gasteiger partial charge >= 0.3 is 0 Å². The number of nitrogens with two attached hydrogens (primary N) is 1. The number of benzene rings is 2. The lowest BCUT2D eigenvalue weighted by Crippen LogP contribution is -1.93. The van der Waals surface area contributed by atoms with Gasteiger partial charge in [0.2, 0.25) is 0 Å². The van der Waals surface area contributed by atoms with Crippen molar-refractivity contribution < 1.29 is 4.74 Å². The molecule has 0 unspecified atom stereocenters. The van der Waals surface area contributed by atoms with Crippen molar-refractivity contribution in [1.82, 2.24) is 4.98 Å². The van der Waals surface area contributed by atoms with Crippen LogP contribution in [-0.2, 0) is 0 Å². The van der Waals surface area contributed by atoms with Gasteiger partial charge < -0.3 is 10.5 Å². The summed E-state index contributed by atoms with van der Waals surface area (Å²) >= 11 is 1.62. The van der Waals surface area contributed by atoms with Gasteiger partial charge in [0.05, 0.1) is 12.3 Å². The van der Waals surface area contributed by atoms with Crippen molar-refractivity contribution in [3.63, 3.8) is 0 Å². The van der Waals surface area contributed by atoms with Crippen molar-refractivity contribution in [2.45, 2.75) is 6.92 Å². The van der Waals surface area contributed by atoms with E-state index in [1.165, 1.54) is 0 Å². The van der Waals surface area contributed by atoms with E-state index in [2.05, 4.69) is 5.38 Å². The Bertz CT molecular complexity index is 735. The Morgan fingerprint density at radius 3 is 2.62 bits per heavy atom. The minimum absolute atomic E-state index is 0.645. The fourth-order valence-corrected chi connectivity index (χ4v) is 2.94. The molecule has 106 valence electrons. The Labute approximate surface area is 128 Å². The van der Waals surface area contributed by atoms with Crippen molar-refractivity contribution in [2.75, 3.05) is 12.3 Å². The van der Waals surface area contributed by atoms with Gasteiger partial charge in [-0.25, -0.2) is 4.98 Å². The van der Waals surface area contributed by atoms with Gasteiger partial charge in [0.15, 0.2) is 0 Å². The van der Waals surface area contributed by atoms with E-state index >= 15 is 0 Å². The standard InChI is InChI=1S/C17H16N2OS/c1-2-20-16-6-4-3-5-14(16)15-11-21-17(19-15)12-7-9-13(18)10-8-12/h3-11H,2,18H2,1H3. The second-order valence-electron chi connectivity index (χ2n) is 4.59. The van der Waals surface area contributed by atoms with Crippen LogP contribution in [0.3, 0.4) is 0 Å². The second-order valence-corrected chi connectivity index (χ2v) is 5.45. The van der Waals surface area contributed by atoms with E-state index in [1.807, 2.05) is 55.5 Å². The van der Waals surface area contributed by atoms with Crippen LogP contribution in [0, 0.1) is 0 Å². The molecule has 4 heteroatoms. The third-order valence-corrected chi connectivity index (χ3v) is 4.02. The molecule has 21 heavy (non-hydrogen) atoms. The maximum absolute atomic E-state index is 5.72. The lowest BCUT2D eigenvalue weighted by molar-refractivity contribution is 0.341. The first kappa shape index (κ1) is 13.6. The van der Waals surface area contributed by atoms with E-state index in [-0.39, 0.29) is 0 Å². The van der Waals surface area contributed by atoms with Crippen LogP contribution >= 0.6 is 11.3 Å². The van der Waals surface area contributed by atoms with Crippen molar-refractivity contribution in [3.8, 4) is 27.6 Å². The summed E-state index contributed by atoms with van der Waals surface area (Å²) in [5.41, 5.74) is 9.53. The summed E-state index contributed by atoms with van der Waals surface area (Å²) in [6.45, 7) is 2.63. The van der Waals surface area contributed by atoms with Crippen LogP contribution in [0.1, 0.15) is 6.92 Å². The summed E-state index contributed by atoms with van der Waals surface area (Å²) < 4.78 is 5.67. The van der Waals surface area contributed by atoms with Crippen molar-refractivity contribution in [3.05, 3.63) is 53.9 Å². The number of hydrogen-bond donors (Lipinski definition) is 1. The van der Waals surface area contributed by atoms with E-state index in [1.54, 1.807) is 11.3 Å². The highest BCUT2D eigenvalue weighted by molar-refractivity contribution is 7.13. The highest BCUT2D eigenvalue weighted by atomic mass is 32.1. The largest absolute Gasteiger partial charge is 0.493 e. The Morgan fingerprint density at radius 1 is 1.10 bits per heavy atom. The number of aromatic nitrogens is 1. The minimum Gasteiger partial charge on any atom is -0.493 e. The molecule has 2 N–H and O–H groups in total. The van der Waals surface area contributed by atoms with Crippen LogP contribution in [-0.4, -0.2) is 11.6 Å². The molecule has 3 rings (SSSR count). The number of nitrogens with zero attached hydrogens (tertiary/aromatic N) is 1. The van der Waals surface area contributed by atoms with Gasteiger partial charge in [0, 0.05) is 22.2 Å². The van der Waals surface area contributed by atoms with E-state index in [0.29, 0.717) is 6.61 Å². The zero-order valence-corrected chi connectivity index (χ0v) is 12.6. The molecule has 0 radical (unpaired) electrons. The summed E-state index contributed by atoms with van der Waals surface area (Å²) in [6.07, 6.45) is 0. The van der Waals surface area contributed by atoms with Crippen LogP contribution in [0.4, 0.5) is 5.69 Å². The first-order valence-corrected chi connectivity index (χ1v) is 7.69. The number of thiazole rings is 1. The number of ether oxygens (including phenoxy) is 1. The average molecular weight is 296 g/mol. The lowest BCUT2D eigenvalue weighted by Gasteiger charge is -2.07. The van der Waals surface area contributed by atoms with Gasteiger partial charge in [-0.3, -0.25) is 0 Å². The first-order chi connectivity index (χ1) is 10.3. The van der Waals surface area contributed by atoms with E-state index < -0.39 is 0 Å². The van der Waals surface area contributed by atoms with Crippen LogP contribution in [0.25, 0.3) is 21.8 Å². The molecule has 0 aliphatic rings. The molecule has 0 saturated carbocycles. The summed E-state index contributed by atoms with van der Waals surface area (Å²) in [4.78, 5) is 4.72. The van der Waals surface area contributed by atoms with E-state index in [9.17, 15) is 0 Å². The third kappa shape index (κ3) is 2.90. The number of nitrogen functional groups attached to an aromatic ring is 1. The zero-order valence-electron chi connectivity index (χ0n) is 11.7. The van der Waals surface area contributed by atoms with Gasteiger partial charge in [-0.15, -0.1) is 11.3 Å². The molecule has 2 aromatic carbocycles. The molecule has 0 bridgehead atoms. The number of hydrogen-bond acceptors (Lipinski definition) is 4. The van der Waals surface area contributed by atoms with E-state index in [0.717, 1.165) is 33.3 Å². The minimum atomic E-state index is 0.645. The summed E-state index contributed by atoms with van der Waals surface area (Å²) in [5.74, 6) is 0.870. The Kier molecular flexibility index (Phi) is 3.88. The van der Waals surface area contributed by atoms with Gasteiger partial charge in [-0.1, -0.05) is 12.1 Å². The molecule has 0 saturated heterocycles. The lowest BCUT2D eigenvalue weighted by atomic mass is 10.1. The van der Waals surface area contributed by atoms with Crippen molar-refractivity contribution in [2.24, 2.45) is 0 Å². The van der Waals surface area contributed by atoms with Crippen LogP contribution < -0.4 is 10.5 Å². The highest BCUT2D eigenvalue weighted by Gasteiger charge is 2.10. The van der Waals surface area contributed by atoms with Crippen molar-refractivity contribution in [1.29, 1.82) is 0 Å². The van der Waals surface area contributed by atoms with Crippen LogP contribution in [0.15, 0.2) is 53.9 Å². The first-order valence-electron chi connectivity index (χ1n) is 6.81. The molecular formula is C17H16N2OS. The number of para-hydroxylation sites is 1. The average Bonchev–Trinajstić information content (AvgIpc) is 2.99. The van der Waals surface area contributed by atoms with Crippen LogP contribution in [0.5, 0.6) is 5.75 Å². The topological polar surface area (TPSA) is 48.1 Å². The molecule has 3 nitrogen and oxygen atoms in total. The molecule has 0 spiro atoms. The smallest absolute Gasteiger partial charge is 0.128 e. The van der Waals surface area contributed by atoms with Gasteiger partial charge in [-0.05, 0) is 43.3 Å². The summed E-state index contributed by atoms with van der Waals surface area (Å²) in [6, 6.07) is 15.8. The molecule has 0 fully saturated rings. The predicted octanol–water partition coefficient (Wildman–Crippen LogP) is 4.46. The molecule has 0 aliphatic heterocycles. The molecule has 3 aromatic rings. The third-order valence-electron chi connectivity index (χ3n) is 3.12. The normalized spacial score (nSPS) is 10.5. The fraction of sp³-hybridized carbons (Fsp3) is 0.118. The highest BCUT2D eigenvalue weighted by Crippen LogP contribution is 2.33. The molecule has 1 heterocycles. The Balaban J connectivity index is 1.97. The maximum Gasteiger partial charge on any atom is 0.128 e. The van der Waals surface area contributed by atoms with Gasteiger partial charge in [0.25, 0.3) is 0 Å². The van der Waals surface area contributed by atoms with E-state index in [4.69, 9.17) is 15.5 Å². The molecule has 1 aromatic heterocycles. The zero-order chi connectivity index (χ0) is 14.7. The maximum atomic E-state index is 5.72. The summed E-state index contributed by atoms with van der Waals surface area (Å²) in [7, 11) is 0. The predicted molar refractivity (Wildman–Crippen MR) is 88.6 cm³/mol. The summed E-state index contributed by atoms with van der Waals surface area (Å²) in [5, 5.41) is 3.04. The van der Waals surface area contributed by atoms with Crippen molar-refractivity contribution >= 4 is 17.0 Å². The number of rotatable bonds is 4. The Hall–Kier alpha value is -2.33. The molecule has 0 amide bonds. The Morgan fingerprint density at radius 2 is 1.86 bits per heavy atom. The second kappa shape index (κ2) is 5.97. The quantitative estimate of drug-likeness (QED) is 0.723. The number of anilines is 1. The SMILES string of the molecule is CCOc1ccccc1-c1csc(-c2ccc(N)cc2)n1. The molecule has 0 aliphatic carbocycles. The van der Waals surface area contributed by atoms with Crippen LogP contribution in [0.2, 0.25) is 0 Å². The monoisotopic (exact) mass is 296 g/mol. The van der Waals surface area contributed by atoms with Gasteiger partial charge in [-0.2, -0.15) is 0 Å². The van der Waals surface area contributed by atoms with Gasteiger partial charge in [0.1, 0.15) is 10.8 Å². The molecule has 0 atom stereocenters. The molecular weight excluding hydrogens is 280 g/mol.